The summed E-state index contributed by atoms with van der Waals surface area (Å²) in [5, 5.41) is 12.5. The van der Waals surface area contributed by atoms with Crippen LogP contribution in [0.4, 0.5) is 0 Å². The minimum absolute atomic E-state index is 0.382. The summed E-state index contributed by atoms with van der Waals surface area (Å²) < 4.78 is 1.10. The van der Waals surface area contributed by atoms with Gasteiger partial charge in [-0.05, 0) is 51.9 Å². The SMILES string of the molecule is OC(Cc1cc(Br)cs1)c1ccccc1C1CC1. The summed E-state index contributed by atoms with van der Waals surface area (Å²) >= 11 is 5.15. The Labute approximate surface area is 120 Å². The molecule has 1 aliphatic rings. The Kier molecular flexibility index (Phi) is 3.55. The van der Waals surface area contributed by atoms with Gasteiger partial charge in [-0.15, -0.1) is 11.3 Å². The third-order valence-corrected chi connectivity index (χ3v) is 5.11. The Bertz CT molecular complexity index is 545. The average Bonchev–Trinajstić information content (AvgIpc) is 3.14. The van der Waals surface area contributed by atoms with Gasteiger partial charge < -0.3 is 5.11 Å². The van der Waals surface area contributed by atoms with Crippen LogP contribution in [0.2, 0.25) is 0 Å². The smallest absolute Gasteiger partial charge is 0.0841 e. The van der Waals surface area contributed by atoms with E-state index in [0.717, 1.165) is 10.0 Å². The van der Waals surface area contributed by atoms with Crippen LogP contribution in [0, 0.1) is 0 Å². The van der Waals surface area contributed by atoms with E-state index in [2.05, 4.69) is 45.6 Å². The van der Waals surface area contributed by atoms with Crippen molar-refractivity contribution in [2.75, 3.05) is 0 Å². The average molecular weight is 323 g/mol. The standard InChI is InChI=1S/C15H15BrOS/c16-11-7-12(18-9-11)8-15(17)14-4-2-1-3-13(14)10-5-6-10/h1-4,7,9-10,15,17H,5-6,8H2. The van der Waals surface area contributed by atoms with E-state index in [1.54, 1.807) is 11.3 Å². The van der Waals surface area contributed by atoms with Crippen LogP contribution in [0.25, 0.3) is 0 Å². The zero-order valence-electron chi connectivity index (χ0n) is 9.97. The quantitative estimate of drug-likeness (QED) is 0.867. The summed E-state index contributed by atoms with van der Waals surface area (Å²) in [6.45, 7) is 0. The third-order valence-electron chi connectivity index (χ3n) is 3.39. The van der Waals surface area contributed by atoms with E-state index in [1.165, 1.54) is 23.3 Å². The summed E-state index contributed by atoms with van der Waals surface area (Å²) in [6, 6.07) is 10.4. The molecule has 94 valence electrons. The minimum atomic E-state index is -0.382. The molecule has 1 aromatic heterocycles. The predicted molar refractivity (Wildman–Crippen MR) is 79.1 cm³/mol. The Morgan fingerprint density at radius 3 is 2.78 bits per heavy atom. The van der Waals surface area contributed by atoms with E-state index in [0.29, 0.717) is 12.3 Å². The lowest BCUT2D eigenvalue weighted by molar-refractivity contribution is 0.178. The Hall–Kier alpha value is -0.640. The number of thiophene rings is 1. The summed E-state index contributed by atoms with van der Waals surface area (Å²) in [7, 11) is 0. The van der Waals surface area contributed by atoms with Crippen molar-refractivity contribution in [3.05, 3.63) is 56.2 Å². The number of benzene rings is 1. The summed E-state index contributed by atoms with van der Waals surface area (Å²) in [5.74, 6) is 0.686. The lowest BCUT2D eigenvalue weighted by Gasteiger charge is -2.14. The van der Waals surface area contributed by atoms with Crippen molar-refractivity contribution in [1.82, 2.24) is 0 Å². The molecule has 1 fully saturated rings. The molecule has 0 spiro atoms. The topological polar surface area (TPSA) is 20.2 Å². The molecule has 1 saturated carbocycles. The fourth-order valence-corrected chi connectivity index (χ4v) is 3.83. The third kappa shape index (κ3) is 2.68. The van der Waals surface area contributed by atoms with E-state index in [1.807, 2.05) is 6.07 Å². The lowest BCUT2D eigenvalue weighted by atomic mass is 9.97. The van der Waals surface area contributed by atoms with E-state index in [-0.39, 0.29) is 6.10 Å². The summed E-state index contributed by atoms with van der Waals surface area (Å²) in [4.78, 5) is 1.22. The Morgan fingerprint density at radius 2 is 2.11 bits per heavy atom. The van der Waals surface area contributed by atoms with Crippen LogP contribution in [0.5, 0.6) is 0 Å². The first-order valence-electron chi connectivity index (χ1n) is 6.24. The first kappa shape index (κ1) is 12.4. The summed E-state index contributed by atoms with van der Waals surface area (Å²) in [6.07, 6.45) is 2.87. The first-order valence-corrected chi connectivity index (χ1v) is 7.91. The largest absolute Gasteiger partial charge is 0.388 e. The van der Waals surface area contributed by atoms with Crippen LogP contribution in [0.15, 0.2) is 40.2 Å². The second-order valence-corrected chi connectivity index (χ2v) is 6.77. The van der Waals surface area contributed by atoms with E-state index < -0.39 is 0 Å². The van der Waals surface area contributed by atoms with Crippen molar-refractivity contribution in [2.45, 2.75) is 31.3 Å². The highest BCUT2D eigenvalue weighted by Crippen LogP contribution is 2.43. The van der Waals surface area contributed by atoms with Crippen molar-refractivity contribution < 1.29 is 5.11 Å². The molecule has 0 aliphatic heterocycles. The number of rotatable bonds is 4. The summed E-state index contributed by atoms with van der Waals surface area (Å²) in [5.41, 5.74) is 2.46. The highest BCUT2D eigenvalue weighted by Gasteiger charge is 2.27. The minimum Gasteiger partial charge on any atom is -0.388 e. The maximum absolute atomic E-state index is 10.4. The van der Waals surface area contributed by atoms with Crippen LogP contribution in [-0.2, 0) is 6.42 Å². The Morgan fingerprint density at radius 1 is 1.33 bits per heavy atom. The Balaban J connectivity index is 1.81. The van der Waals surface area contributed by atoms with Gasteiger partial charge in [-0.25, -0.2) is 0 Å². The van der Waals surface area contributed by atoms with Crippen molar-refractivity contribution in [2.24, 2.45) is 0 Å². The maximum atomic E-state index is 10.4. The van der Waals surface area contributed by atoms with Crippen molar-refractivity contribution >= 4 is 27.3 Å². The van der Waals surface area contributed by atoms with E-state index in [4.69, 9.17) is 0 Å². The van der Waals surface area contributed by atoms with Gasteiger partial charge in [-0.2, -0.15) is 0 Å². The number of halogens is 1. The van der Waals surface area contributed by atoms with Gasteiger partial charge in [0.05, 0.1) is 6.10 Å². The zero-order valence-corrected chi connectivity index (χ0v) is 12.4. The lowest BCUT2D eigenvalue weighted by Crippen LogP contribution is -2.04. The van der Waals surface area contributed by atoms with Gasteiger partial charge in [0.15, 0.2) is 0 Å². The van der Waals surface area contributed by atoms with Gasteiger partial charge in [0, 0.05) is 21.2 Å². The molecular formula is C15H15BrOS. The molecule has 0 radical (unpaired) electrons. The van der Waals surface area contributed by atoms with E-state index in [9.17, 15) is 5.11 Å². The molecule has 1 heterocycles. The van der Waals surface area contributed by atoms with Crippen molar-refractivity contribution in [3.8, 4) is 0 Å². The van der Waals surface area contributed by atoms with Gasteiger partial charge in [-0.1, -0.05) is 24.3 Å². The van der Waals surface area contributed by atoms with Crippen LogP contribution in [-0.4, -0.2) is 5.11 Å². The van der Waals surface area contributed by atoms with Gasteiger partial charge >= 0.3 is 0 Å². The van der Waals surface area contributed by atoms with Gasteiger partial charge in [0.25, 0.3) is 0 Å². The molecule has 3 heteroatoms. The van der Waals surface area contributed by atoms with Crippen molar-refractivity contribution in [3.63, 3.8) is 0 Å². The fraction of sp³-hybridized carbons (Fsp3) is 0.333. The molecule has 18 heavy (non-hydrogen) atoms. The molecule has 3 rings (SSSR count). The van der Waals surface area contributed by atoms with Gasteiger partial charge in [0.2, 0.25) is 0 Å². The number of hydrogen-bond acceptors (Lipinski definition) is 2. The van der Waals surface area contributed by atoms with E-state index >= 15 is 0 Å². The van der Waals surface area contributed by atoms with Crippen LogP contribution < -0.4 is 0 Å². The van der Waals surface area contributed by atoms with Gasteiger partial charge in [-0.3, -0.25) is 0 Å². The predicted octanol–water partition coefficient (Wildman–Crippen LogP) is 4.66. The molecule has 1 N–H and O–H groups in total. The molecule has 1 unspecified atom stereocenters. The number of aliphatic hydroxyl groups is 1. The second-order valence-electron chi connectivity index (χ2n) is 4.85. The van der Waals surface area contributed by atoms with Gasteiger partial charge in [0.1, 0.15) is 0 Å². The van der Waals surface area contributed by atoms with Crippen LogP contribution >= 0.6 is 27.3 Å². The number of hydrogen-bond donors (Lipinski definition) is 1. The van der Waals surface area contributed by atoms with Crippen LogP contribution in [0.3, 0.4) is 0 Å². The van der Waals surface area contributed by atoms with Crippen molar-refractivity contribution in [1.29, 1.82) is 0 Å². The molecule has 1 aromatic carbocycles. The molecule has 1 atom stereocenters. The maximum Gasteiger partial charge on any atom is 0.0841 e. The first-order chi connectivity index (χ1) is 8.74. The molecule has 0 amide bonds. The highest BCUT2D eigenvalue weighted by atomic mass is 79.9. The fourth-order valence-electron chi connectivity index (χ4n) is 2.34. The normalized spacial score (nSPS) is 16.8. The molecule has 1 nitrogen and oxygen atoms in total. The molecular weight excluding hydrogens is 308 g/mol. The molecule has 2 aromatic rings. The second kappa shape index (κ2) is 5.16. The number of aliphatic hydroxyl groups excluding tert-OH is 1. The molecule has 0 saturated heterocycles. The van der Waals surface area contributed by atoms with Crippen LogP contribution in [0.1, 0.15) is 40.9 Å². The molecule has 1 aliphatic carbocycles. The monoisotopic (exact) mass is 322 g/mol. The highest BCUT2D eigenvalue weighted by molar-refractivity contribution is 9.10. The molecule has 0 bridgehead atoms. The zero-order chi connectivity index (χ0) is 12.5.